The van der Waals surface area contributed by atoms with Crippen LogP contribution in [-0.2, 0) is 0 Å². The number of aromatic nitrogens is 1. The van der Waals surface area contributed by atoms with Crippen molar-refractivity contribution in [1.82, 2.24) is 4.98 Å². The van der Waals surface area contributed by atoms with Crippen LogP contribution in [0.2, 0.25) is 0 Å². The van der Waals surface area contributed by atoms with Crippen molar-refractivity contribution in [3.8, 4) is 0 Å². The van der Waals surface area contributed by atoms with Gasteiger partial charge in [0, 0.05) is 29.0 Å². The molecule has 1 amide bonds. The van der Waals surface area contributed by atoms with E-state index in [1.54, 1.807) is 42.5 Å². The van der Waals surface area contributed by atoms with E-state index in [1.807, 2.05) is 13.0 Å². The van der Waals surface area contributed by atoms with Gasteiger partial charge in [0.15, 0.2) is 0 Å². The summed E-state index contributed by atoms with van der Waals surface area (Å²) in [4.78, 5) is 18.1. The molecule has 0 atom stereocenters. The number of anilines is 2. The molecule has 4 nitrogen and oxygen atoms in total. The van der Waals surface area contributed by atoms with E-state index in [-0.39, 0.29) is 5.91 Å². The minimum absolute atomic E-state index is 0.112. The van der Waals surface area contributed by atoms with E-state index in [0.717, 1.165) is 15.7 Å². The number of halogens is 1. The molecule has 0 unspecified atom stereocenters. The molecule has 1 aromatic heterocycles. The Hall–Kier alpha value is -1.88. The number of rotatable bonds is 2. The average molecular weight is 320 g/mol. The summed E-state index contributed by atoms with van der Waals surface area (Å²) in [6.45, 7) is 1.84. The average Bonchev–Trinajstić information content (AvgIpc) is 2.42. The van der Waals surface area contributed by atoms with Gasteiger partial charge in [-0.1, -0.05) is 15.9 Å². The number of hydrogen-bond acceptors (Lipinski definition) is 3. The first kappa shape index (κ1) is 13.5. The summed E-state index contributed by atoms with van der Waals surface area (Å²) in [6.07, 6.45) is 3.32. The zero-order valence-corrected chi connectivity index (χ0v) is 12.3. The molecule has 0 bridgehead atoms. The lowest BCUT2D eigenvalue weighted by Gasteiger charge is -2.19. The third-order valence-corrected chi connectivity index (χ3v) is 3.44. The van der Waals surface area contributed by atoms with Crippen molar-refractivity contribution in [2.24, 2.45) is 0 Å². The van der Waals surface area contributed by atoms with E-state index in [2.05, 4.69) is 20.9 Å². The largest absolute Gasteiger partial charge is 0.398 e. The SMILES string of the molecule is Cc1c(N)cc(Br)cc1C(=O)N(C)c1cccnc1. The molecule has 98 valence electrons. The van der Waals surface area contributed by atoms with E-state index >= 15 is 0 Å². The highest BCUT2D eigenvalue weighted by Crippen LogP contribution is 2.25. The monoisotopic (exact) mass is 319 g/mol. The molecule has 2 aromatic rings. The number of nitrogen functional groups attached to an aromatic ring is 1. The normalized spacial score (nSPS) is 10.3. The van der Waals surface area contributed by atoms with Crippen molar-refractivity contribution in [2.45, 2.75) is 6.92 Å². The zero-order valence-electron chi connectivity index (χ0n) is 10.7. The maximum atomic E-state index is 12.5. The Bertz CT molecular complexity index is 614. The number of carbonyl (C=O) groups excluding carboxylic acids is 1. The fourth-order valence-electron chi connectivity index (χ4n) is 1.77. The predicted molar refractivity (Wildman–Crippen MR) is 80.3 cm³/mol. The Morgan fingerprint density at radius 1 is 1.42 bits per heavy atom. The second-order valence-electron chi connectivity index (χ2n) is 4.24. The smallest absolute Gasteiger partial charge is 0.258 e. The van der Waals surface area contributed by atoms with Crippen molar-refractivity contribution >= 4 is 33.2 Å². The molecule has 0 spiro atoms. The molecular formula is C14H14BrN3O. The van der Waals surface area contributed by atoms with Gasteiger partial charge < -0.3 is 10.6 Å². The van der Waals surface area contributed by atoms with Crippen LogP contribution in [-0.4, -0.2) is 17.9 Å². The summed E-state index contributed by atoms with van der Waals surface area (Å²) in [5, 5.41) is 0. The van der Waals surface area contributed by atoms with Gasteiger partial charge in [0.05, 0.1) is 11.9 Å². The van der Waals surface area contributed by atoms with Crippen molar-refractivity contribution < 1.29 is 4.79 Å². The van der Waals surface area contributed by atoms with Crippen LogP contribution in [0.25, 0.3) is 0 Å². The second-order valence-corrected chi connectivity index (χ2v) is 5.16. The molecule has 0 aliphatic carbocycles. The maximum absolute atomic E-state index is 12.5. The lowest BCUT2D eigenvalue weighted by molar-refractivity contribution is 0.0992. The molecular weight excluding hydrogens is 306 g/mol. The molecule has 2 rings (SSSR count). The van der Waals surface area contributed by atoms with Crippen LogP contribution in [0.4, 0.5) is 11.4 Å². The van der Waals surface area contributed by atoms with E-state index in [9.17, 15) is 4.79 Å². The van der Waals surface area contributed by atoms with E-state index in [4.69, 9.17) is 5.73 Å². The Morgan fingerprint density at radius 3 is 2.79 bits per heavy atom. The Labute approximate surface area is 120 Å². The van der Waals surface area contributed by atoms with Gasteiger partial charge in [-0.25, -0.2) is 0 Å². The van der Waals surface area contributed by atoms with Crippen LogP contribution in [0, 0.1) is 6.92 Å². The highest BCUT2D eigenvalue weighted by molar-refractivity contribution is 9.10. The van der Waals surface area contributed by atoms with Crippen LogP contribution in [0.15, 0.2) is 41.1 Å². The van der Waals surface area contributed by atoms with E-state index in [0.29, 0.717) is 11.3 Å². The molecule has 19 heavy (non-hydrogen) atoms. The molecule has 0 aliphatic heterocycles. The number of nitrogens with two attached hydrogens (primary N) is 1. The summed E-state index contributed by atoms with van der Waals surface area (Å²) < 4.78 is 0.790. The molecule has 0 saturated heterocycles. The fraction of sp³-hybridized carbons (Fsp3) is 0.143. The van der Waals surface area contributed by atoms with Gasteiger partial charge in [-0.2, -0.15) is 0 Å². The summed E-state index contributed by atoms with van der Waals surface area (Å²) in [6, 6.07) is 7.19. The third-order valence-electron chi connectivity index (χ3n) is 2.98. The number of benzene rings is 1. The zero-order chi connectivity index (χ0) is 14.0. The highest BCUT2D eigenvalue weighted by Gasteiger charge is 2.17. The van der Waals surface area contributed by atoms with Gasteiger partial charge >= 0.3 is 0 Å². The van der Waals surface area contributed by atoms with Crippen molar-refractivity contribution in [3.63, 3.8) is 0 Å². The van der Waals surface area contributed by atoms with Crippen LogP contribution in [0.3, 0.4) is 0 Å². The Morgan fingerprint density at radius 2 is 2.16 bits per heavy atom. The molecule has 0 saturated carbocycles. The van der Waals surface area contributed by atoms with Crippen molar-refractivity contribution in [3.05, 3.63) is 52.3 Å². The first-order valence-electron chi connectivity index (χ1n) is 5.74. The number of nitrogens with zero attached hydrogens (tertiary/aromatic N) is 2. The standard InChI is InChI=1S/C14H14BrN3O/c1-9-12(6-10(15)7-13(9)16)14(19)18(2)11-4-3-5-17-8-11/h3-8H,16H2,1-2H3. The molecule has 0 radical (unpaired) electrons. The van der Waals surface area contributed by atoms with Crippen molar-refractivity contribution in [1.29, 1.82) is 0 Å². The lowest BCUT2D eigenvalue weighted by atomic mass is 10.1. The van der Waals surface area contributed by atoms with Crippen LogP contribution < -0.4 is 10.6 Å². The summed E-state index contributed by atoms with van der Waals surface area (Å²) in [5.74, 6) is -0.112. The van der Waals surface area contributed by atoms with Crippen LogP contribution >= 0.6 is 15.9 Å². The Balaban J connectivity index is 2.40. The van der Waals surface area contributed by atoms with Crippen molar-refractivity contribution in [2.75, 3.05) is 17.7 Å². The number of amides is 1. The van der Waals surface area contributed by atoms with Crippen LogP contribution in [0.5, 0.6) is 0 Å². The van der Waals surface area contributed by atoms with Crippen LogP contribution in [0.1, 0.15) is 15.9 Å². The van der Waals surface area contributed by atoms with Gasteiger partial charge in [-0.05, 0) is 36.8 Å². The van der Waals surface area contributed by atoms with Gasteiger partial charge in [0.1, 0.15) is 0 Å². The van der Waals surface area contributed by atoms with E-state index in [1.165, 1.54) is 0 Å². The topological polar surface area (TPSA) is 59.2 Å². The highest BCUT2D eigenvalue weighted by atomic mass is 79.9. The number of pyridine rings is 1. The Kier molecular flexibility index (Phi) is 3.85. The first-order valence-corrected chi connectivity index (χ1v) is 6.53. The molecule has 0 aliphatic rings. The molecule has 1 heterocycles. The maximum Gasteiger partial charge on any atom is 0.258 e. The number of hydrogen-bond donors (Lipinski definition) is 1. The fourth-order valence-corrected chi connectivity index (χ4v) is 2.25. The minimum atomic E-state index is -0.112. The quantitative estimate of drug-likeness (QED) is 0.865. The summed E-state index contributed by atoms with van der Waals surface area (Å²) >= 11 is 3.36. The summed E-state index contributed by atoms with van der Waals surface area (Å²) in [7, 11) is 1.72. The summed E-state index contributed by atoms with van der Waals surface area (Å²) in [5.41, 5.74) is 8.58. The third kappa shape index (κ3) is 2.76. The lowest BCUT2D eigenvalue weighted by Crippen LogP contribution is -2.27. The number of carbonyl (C=O) groups is 1. The van der Waals surface area contributed by atoms with Gasteiger partial charge in [-0.15, -0.1) is 0 Å². The van der Waals surface area contributed by atoms with Gasteiger partial charge in [-0.3, -0.25) is 9.78 Å². The van der Waals surface area contributed by atoms with Gasteiger partial charge in [0.25, 0.3) is 5.91 Å². The second kappa shape index (κ2) is 5.40. The van der Waals surface area contributed by atoms with Gasteiger partial charge in [0.2, 0.25) is 0 Å². The molecule has 5 heteroatoms. The molecule has 0 fully saturated rings. The molecule has 2 N–H and O–H groups in total. The minimum Gasteiger partial charge on any atom is -0.398 e. The molecule has 1 aromatic carbocycles. The predicted octanol–water partition coefficient (Wildman–Crippen LogP) is 3.01. The van der Waals surface area contributed by atoms with E-state index < -0.39 is 0 Å². The first-order chi connectivity index (χ1) is 9.00.